The van der Waals surface area contributed by atoms with Gasteiger partial charge < -0.3 is 14.8 Å². The number of hydrogen-bond donors (Lipinski definition) is 1. The predicted molar refractivity (Wildman–Crippen MR) is 116 cm³/mol. The first-order valence-corrected chi connectivity index (χ1v) is 10.4. The largest absolute Gasteiger partial charge is 0.493 e. The Kier molecular flexibility index (Phi) is 7.78. The average Bonchev–Trinajstić information content (AvgIpc) is 2.75. The molecule has 2 aromatic rings. The number of likely N-dealkylation sites (tertiary alicyclic amines) is 1. The number of benzene rings is 2. The number of aryl methyl sites for hydroxylation is 1. The Hall–Kier alpha value is -2.24. The molecule has 1 fully saturated rings. The minimum absolute atomic E-state index is 0.107. The van der Waals surface area contributed by atoms with E-state index in [1.807, 2.05) is 30.3 Å². The van der Waals surface area contributed by atoms with E-state index in [4.69, 9.17) is 21.1 Å². The van der Waals surface area contributed by atoms with Crippen molar-refractivity contribution >= 4 is 17.5 Å². The molecule has 0 saturated carbocycles. The lowest BCUT2D eigenvalue weighted by Gasteiger charge is -2.32. The van der Waals surface area contributed by atoms with Gasteiger partial charge in [-0.15, -0.1) is 0 Å². The van der Waals surface area contributed by atoms with Gasteiger partial charge in [-0.3, -0.25) is 9.69 Å². The molecule has 5 nitrogen and oxygen atoms in total. The van der Waals surface area contributed by atoms with E-state index in [-0.39, 0.29) is 11.9 Å². The topological polar surface area (TPSA) is 50.8 Å². The molecule has 0 unspecified atom stereocenters. The fourth-order valence-electron chi connectivity index (χ4n) is 3.68. The van der Waals surface area contributed by atoms with Crippen LogP contribution >= 0.6 is 11.6 Å². The van der Waals surface area contributed by atoms with Crippen LogP contribution in [0.1, 0.15) is 30.4 Å². The second-order valence-corrected chi connectivity index (χ2v) is 7.87. The van der Waals surface area contributed by atoms with E-state index in [0.717, 1.165) is 43.1 Å². The van der Waals surface area contributed by atoms with E-state index in [2.05, 4.69) is 22.3 Å². The SMILES string of the molecule is COc1ccc(CCC(=O)NC2CCN(Cc3ccc(Cl)cc3)CC2)cc1OC. The molecule has 0 bridgehead atoms. The normalized spacial score (nSPS) is 15.1. The minimum atomic E-state index is 0.107. The van der Waals surface area contributed by atoms with Crippen LogP contribution in [0, 0.1) is 0 Å². The van der Waals surface area contributed by atoms with E-state index >= 15 is 0 Å². The molecule has 0 aliphatic carbocycles. The lowest BCUT2D eigenvalue weighted by atomic mass is 10.0. The number of nitrogens with zero attached hydrogens (tertiary/aromatic N) is 1. The van der Waals surface area contributed by atoms with Gasteiger partial charge in [0, 0.05) is 37.1 Å². The summed E-state index contributed by atoms with van der Waals surface area (Å²) < 4.78 is 10.6. The molecule has 1 heterocycles. The Morgan fingerprint density at radius 2 is 1.69 bits per heavy atom. The van der Waals surface area contributed by atoms with Gasteiger partial charge in [-0.1, -0.05) is 29.8 Å². The van der Waals surface area contributed by atoms with Gasteiger partial charge in [-0.2, -0.15) is 0 Å². The fourth-order valence-corrected chi connectivity index (χ4v) is 3.80. The summed E-state index contributed by atoms with van der Waals surface area (Å²) >= 11 is 5.95. The lowest BCUT2D eigenvalue weighted by molar-refractivity contribution is -0.122. The van der Waals surface area contributed by atoms with Crippen molar-refractivity contribution in [3.05, 3.63) is 58.6 Å². The summed E-state index contributed by atoms with van der Waals surface area (Å²) in [5.41, 5.74) is 2.34. The molecule has 0 radical (unpaired) electrons. The lowest BCUT2D eigenvalue weighted by Crippen LogP contribution is -2.44. The Balaban J connectivity index is 1.40. The van der Waals surface area contributed by atoms with Gasteiger partial charge in [0.05, 0.1) is 14.2 Å². The van der Waals surface area contributed by atoms with Crippen LogP contribution in [0.15, 0.2) is 42.5 Å². The first-order valence-electron chi connectivity index (χ1n) is 10.0. The van der Waals surface area contributed by atoms with Crippen LogP contribution in [0.2, 0.25) is 5.02 Å². The molecule has 1 N–H and O–H groups in total. The molecule has 156 valence electrons. The summed E-state index contributed by atoms with van der Waals surface area (Å²) in [5.74, 6) is 1.50. The zero-order valence-corrected chi connectivity index (χ0v) is 17.9. The third kappa shape index (κ3) is 6.38. The van der Waals surface area contributed by atoms with Crippen molar-refractivity contribution in [1.82, 2.24) is 10.2 Å². The first kappa shape index (κ1) is 21.5. The molecule has 1 amide bonds. The number of piperidine rings is 1. The van der Waals surface area contributed by atoms with Crippen molar-refractivity contribution < 1.29 is 14.3 Å². The number of rotatable bonds is 8. The van der Waals surface area contributed by atoms with Crippen molar-refractivity contribution in [3.8, 4) is 11.5 Å². The van der Waals surface area contributed by atoms with Crippen molar-refractivity contribution in [2.75, 3.05) is 27.3 Å². The quantitative estimate of drug-likeness (QED) is 0.704. The maximum Gasteiger partial charge on any atom is 0.220 e. The van der Waals surface area contributed by atoms with Crippen LogP contribution in [0.3, 0.4) is 0 Å². The number of amides is 1. The predicted octanol–water partition coefficient (Wildman–Crippen LogP) is 4.07. The maximum atomic E-state index is 12.4. The number of ether oxygens (including phenoxy) is 2. The molecule has 6 heteroatoms. The average molecular weight is 417 g/mol. The van der Waals surface area contributed by atoms with E-state index < -0.39 is 0 Å². The van der Waals surface area contributed by atoms with Crippen LogP contribution in [0.4, 0.5) is 0 Å². The number of hydrogen-bond acceptors (Lipinski definition) is 4. The van der Waals surface area contributed by atoms with Gasteiger partial charge in [0.2, 0.25) is 5.91 Å². The molecule has 0 aromatic heterocycles. The van der Waals surface area contributed by atoms with E-state index in [1.54, 1.807) is 14.2 Å². The van der Waals surface area contributed by atoms with Gasteiger partial charge in [0.25, 0.3) is 0 Å². The second kappa shape index (κ2) is 10.5. The smallest absolute Gasteiger partial charge is 0.220 e. The molecule has 29 heavy (non-hydrogen) atoms. The maximum absolute atomic E-state index is 12.4. The summed E-state index contributed by atoms with van der Waals surface area (Å²) in [6.07, 6.45) is 3.12. The van der Waals surface area contributed by atoms with Gasteiger partial charge in [0.15, 0.2) is 11.5 Å². The zero-order valence-electron chi connectivity index (χ0n) is 17.1. The zero-order chi connectivity index (χ0) is 20.6. The number of methoxy groups -OCH3 is 2. The highest BCUT2D eigenvalue weighted by molar-refractivity contribution is 6.30. The summed E-state index contributed by atoms with van der Waals surface area (Å²) in [5, 5.41) is 3.96. The number of nitrogens with one attached hydrogen (secondary N) is 1. The van der Waals surface area contributed by atoms with Crippen molar-refractivity contribution in [2.24, 2.45) is 0 Å². The highest BCUT2D eigenvalue weighted by Gasteiger charge is 2.20. The molecule has 3 rings (SSSR count). The van der Waals surface area contributed by atoms with Crippen LogP contribution in [-0.2, 0) is 17.8 Å². The highest BCUT2D eigenvalue weighted by Crippen LogP contribution is 2.28. The molecule has 2 aromatic carbocycles. The van der Waals surface area contributed by atoms with E-state index in [1.165, 1.54) is 5.56 Å². The molecular weight excluding hydrogens is 388 g/mol. The Bertz CT molecular complexity index is 802. The van der Waals surface area contributed by atoms with Gasteiger partial charge >= 0.3 is 0 Å². The van der Waals surface area contributed by atoms with Crippen LogP contribution in [-0.4, -0.2) is 44.2 Å². The summed E-state index contributed by atoms with van der Waals surface area (Å²) in [6, 6.07) is 14.1. The van der Waals surface area contributed by atoms with Gasteiger partial charge in [-0.05, 0) is 54.7 Å². The molecule has 0 atom stereocenters. The van der Waals surface area contributed by atoms with Gasteiger partial charge in [0.1, 0.15) is 0 Å². The molecule has 1 aliphatic heterocycles. The van der Waals surface area contributed by atoms with Gasteiger partial charge in [-0.25, -0.2) is 0 Å². The van der Waals surface area contributed by atoms with Crippen LogP contribution in [0.5, 0.6) is 11.5 Å². The Labute approximate surface area is 177 Å². The molecule has 0 spiro atoms. The number of halogens is 1. The third-order valence-corrected chi connectivity index (χ3v) is 5.61. The van der Waals surface area contributed by atoms with E-state index in [9.17, 15) is 4.79 Å². The van der Waals surface area contributed by atoms with E-state index in [0.29, 0.717) is 24.3 Å². The highest BCUT2D eigenvalue weighted by atomic mass is 35.5. The fraction of sp³-hybridized carbons (Fsp3) is 0.435. The summed E-state index contributed by atoms with van der Waals surface area (Å²) in [4.78, 5) is 14.8. The van der Waals surface area contributed by atoms with Crippen LogP contribution in [0.25, 0.3) is 0 Å². The molecule has 1 aliphatic rings. The number of carbonyl (C=O) groups is 1. The second-order valence-electron chi connectivity index (χ2n) is 7.43. The standard InChI is InChI=1S/C23H29ClN2O3/c1-28-21-9-5-17(15-22(21)29-2)6-10-23(27)25-20-11-13-26(14-12-20)16-18-3-7-19(24)8-4-18/h3-5,7-9,15,20H,6,10-14,16H2,1-2H3,(H,25,27). The first-order chi connectivity index (χ1) is 14.1. The minimum Gasteiger partial charge on any atom is -0.493 e. The molecule has 1 saturated heterocycles. The summed E-state index contributed by atoms with van der Waals surface area (Å²) in [7, 11) is 3.24. The summed E-state index contributed by atoms with van der Waals surface area (Å²) in [6.45, 7) is 2.91. The number of carbonyl (C=O) groups excluding carboxylic acids is 1. The van der Waals surface area contributed by atoms with Crippen molar-refractivity contribution in [2.45, 2.75) is 38.3 Å². The van der Waals surface area contributed by atoms with Crippen LogP contribution < -0.4 is 14.8 Å². The molecular formula is C23H29ClN2O3. The van der Waals surface area contributed by atoms with Crippen molar-refractivity contribution in [1.29, 1.82) is 0 Å². The van der Waals surface area contributed by atoms with Crippen molar-refractivity contribution in [3.63, 3.8) is 0 Å². The third-order valence-electron chi connectivity index (χ3n) is 5.36. The Morgan fingerprint density at radius 3 is 2.34 bits per heavy atom. The Morgan fingerprint density at radius 1 is 1.03 bits per heavy atom. The monoisotopic (exact) mass is 416 g/mol.